The number of aliphatic hydroxyl groups is 5. The molecule has 4 aliphatic rings. The van der Waals surface area contributed by atoms with Crippen LogP contribution in [0.1, 0.15) is 83.3 Å². The molecule has 3 fully saturated rings. The van der Waals surface area contributed by atoms with Crippen LogP contribution in [0.3, 0.4) is 0 Å². The largest absolute Gasteiger partial charge is 0.456 e. The van der Waals surface area contributed by atoms with Gasteiger partial charge in [-0.25, -0.2) is 14.4 Å². The van der Waals surface area contributed by atoms with E-state index in [-0.39, 0.29) is 35.3 Å². The third-order valence-corrected chi connectivity index (χ3v) is 12.9. The Balaban J connectivity index is 1.48. The van der Waals surface area contributed by atoms with E-state index in [9.17, 15) is 49.5 Å². The maximum Gasteiger partial charge on any atom is 0.408 e. The number of rotatable bonds is 10. The van der Waals surface area contributed by atoms with Gasteiger partial charge in [-0.05, 0) is 56.5 Å². The summed E-state index contributed by atoms with van der Waals surface area (Å²) in [4.78, 5) is 69.0. The summed E-state index contributed by atoms with van der Waals surface area (Å²) in [5, 5.41) is 61.1. The molecule has 1 amide bonds. The van der Waals surface area contributed by atoms with Gasteiger partial charge in [-0.2, -0.15) is 0 Å². The van der Waals surface area contributed by atoms with Crippen LogP contribution in [-0.4, -0.2) is 122 Å². The number of hydrogen-bond donors (Lipinski definition) is 6. The van der Waals surface area contributed by atoms with Crippen LogP contribution >= 0.6 is 0 Å². The first-order valence-corrected chi connectivity index (χ1v) is 19.5. The van der Waals surface area contributed by atoms with Crippen LogP contribution in [0.4, 0.5) is 4.79 Å². The van der Waals surface area contributed by atoms with Crippen LogP contribution in [0.25, 0.3) is 0 Å². The third kappa shape index (κ3) is 7.33. The maximum atomic E-state index is 15.0. The third-order valence-electron chi connectivity index (χ3n) is 12.9. The van der Waals surface area contributed by atoms with Gasteiger partial charge in [0.1, 0.15) is 35.6 Å². The lowest BCUT2D eigenvalue weighted by atomic mass is 9.44. The Morgan fingerprint density at radius 3 is 2.15 bits per heavy atom. The summed E-state index contributed by atoms with van der Waals surface area (Å²) >= 11 is 0. The number of fused-ring (bicyclic) bond motifs is 5. The molecule has 1 heterocycles. The predicted octanol–water partition coefficient (Wildman–Crippen LogP) is 2.23. The standard InChI is InChI=1S/C43H53NO15/c1-22-26(56-37(52)32(49)30(24-14-10-8-11-15-24)44-38(53)59-39(3,4)20-45)19-43(54)35(57-36(51)25-16-12-9-13-17-25)33-41(7,34(50)31(48)29(22)40(43,5)6)27(47)18-28-42(33,21-55-28)58-23(2)46/h8-17,26-28,30-33,35,45,47-49,54H,18-21H2,1-7H3,(H,44,53)/t26?,27-,28+,30-,31+,32?,33-,35?,41+,42-,43+/m0/s1. The molecule has 2 bridgehead atoms. The van der Waals surface area contributed by atoms with Gasteiger partial charge in [0.25, 0.3) is 0 Å². The predicted molar refractivity (Wildman–Crippen MR) is 205 cm³/mol. The van der Waals surface area contributed by atoms with Gasteiger partial charge in [-0.15, -0.1) is 0 Å². The highest BCUT2D eigenvalue weighted by molar-refractivity contribution is 5.94. The number of hydrogen-bond acceptors (Lipinski definition) is 15. The smallest absolute Gasteiger partial charge is 0.408 e. The number of esters is 3. The highest BCUT2D eigenvalue weighted by atomic mass is 16.6. The molecule has 2 aromatic rings. The summed E-state index contributed by atoms with van der Waals surface area (Å²) in [6, 6.07) is 14.3. The van der Waals surface area contributed by atoms with E-state index in [1.54, 1.807) is 36.4 Å². The van der Waals surface area contributed by atoms with Crippen molar-refractivity contribution in [2.24, 2.45) is 16.7 Å². The molecule has 59 heavy (non-hydrogen) atoms. The second-order valence-electron chi connectivity index (χ2n) is 17.4. The van der Waals surface area contributed by atoms with Crippen LogP contribution in [0.5, 0.6) is 0 Å². The van der Waals surface area contributed by atoms with Gasteiger partial charge in [0.15, 0.2) is 17.5 Å². The van der Waals surface area contributed by atoms with Crippen molar-refractivity contribution in [3.05, 3.63) is 82.9 Å². The normalized spacial score (nSPS) is 33.3. The minimum Gasteiger partial charge on any atom is -0.456 e. The van der Waals surface area contributed by atoms with E-state index in [0.29, 0.717) is 0 Å². The molecule has 16 nitrogen and oxygen atoms in total. The van der Waals surface area contributed by atoms with Crippen LogP contribution in [0.15, 0.2) is 71.8 Å². The fraction of sp³-hybridized carbons (Fsp3) is 0.558. The van der Waals surface area contributed by atoms with Gasteiger partial charge in [0.2, 0.25) is 0 Å². The molecule has 11 atom stereocenters. The molecule has 0 spiro atoms. The van der Waals surface area contributed by atoms with Crippen molar-refractivity contribution in [3.63, 3.8) is 0 Å². The van der Waals surface area contributed by atoms with Crippen molar-refractivity contribution >= 4 is 29.8 Å². The average Bonchev–Trinajstić information content (AvgIpc) is 3.18. The van der Waals surface area contributed by atoms with Crippen LogP contribution in [0, 0.1) is 16.7 Å². The maximum absolute atomic E-state index is 15.0. The topological polar surface area (TPSA) is 245 Å². The molecule has 3 unspecified atom stereocenters. The molecule has 0 radical (unpaired) electrons. The number of benzene rings is 2. The minimum absolute atomic E-state index is 0.0672. The number of ketones is 1. The van der Waals surface area contributed by atoms with Crippen LogP contribution in [-0.2, 0) is 38.1 Å². The lowest BCUT2D eigenvalue weighted by molar-refractivity contribution is -0.346. The first kappa shape index (κ1) is 43.9. The summed E-state index contributed by atoms with van der Waals surface area (Å²) < 4.78 is 29.4. The van der Waals surface area contributed by atoms with Crippen molar-refractivity contribution in [1.29, 1.82) is 0 Å². The van der Waals surface area contributed by atoms with E-state index in [1.165, 1.54) is 65.8 Å². The van der Waals surface area contributed by atoms with Crippen molar-refractivity contribution in [1.82, 2.24) is 5.32 Å². The van der Waals surface area contributed by atoms with Gasteiger partial charge < -0.3 is 54.5 Å². The second kappa shape index (κ2) is 15.7. The first-order chi connectivity index (χ1) is 27.6. The van der Waals surface area contributed by atoms with Gasteiger partial charge in [0, 0.05) is 25.2 Å². The van der Waals surface area contributed by atoms with Gasteiger partial charge in [-0.1, -0.05) is 62.4 Å². The summed E-state index contributed by atoms with van der Waals surface area (Å²) in [6.45, 7) is 9.14. The monoisotopic (exact) mass is 823 g/mol. The highest BCUT2D eigenvalue weighted by Gasteiger charge is 2.78. The number of aliphatic hydroxyl groups excluding tert-OH is 4. The highest BCUT2D eigenvalue weighted by Crippen LogP contribution is 2.64. The van der Waals surface area contributed by atoms with E-state index in [4.69, 9.17) is 23.7 Å². The van der Waals surface area contributed by atoms with E-state index < -0.39 is 119 Å². The SMILES string of the molecule is CC(=O)O[C@@]12CO[C@@H]1C[C@H](O)[C@@]1(C)C(=O)[C@H](O)C3=C(C)C(OC(=O)C(O)[C@@H](NC(=O)OC(C)(C)CO)c4ccccc4)C[C@@](O)(C(OC(=O)c4ccccc4)[C@H]21)C3(C)C. The summed E-state index contributed by atoms with van der Waals surface area (Å²) in [7, 11) is 0. The van der Waals surface area contributed by atoms with Crippen molar-refractivity contribution in [3.8, 4) is 0 Å². The van der Waals surface area contributed by atoms with E-state index in [1.807, 2.05) is 0 Å². The van der Waals surface area contributed by atoms with Crippen LogP contribution in [0.2, 0.25) is 0 Å². The summed E-state index contributed by atoms with van der Waals surface area (Å²) in [5.74, 6) is -5.47. The van der Waals surface area contributed by atoms with E-state index in [0.717, 1.165) is 6.92 Å². The number of carbonyl (C=O) groups excluding carboxylic acids is 5. The Labute approximate surface area is 341 Å². The Bertz CT molecular complexity index is 2000. The Morgan fingerprint density at radius 2 is 1.59 bits per heavy atom. The number of alkyl carbamates (subject to hydrolysis) is 1. The van der Waals surface area contributed by atoms with E-state index >= 15 is 0 Å². The van der Waals surface area contributed by atoms with Gasteiger partial charge in [-0.3, -0.25) is 9.59 Å². The number of ether oxygens (including phenoxy) is 5. The minimum atomic E-state index is -2.38. The first-order valence-electron chi connectivity index (χ1n) is 19.5. The molecule has 6 rings (SSSR count). The fourth-order valence-electron chi connectivity index (χ4n) is 9.56. The molecule has 320 valence electrons. The number of Topliss-reactive ketones (excluding diaryl/α,β-unsaturated/α-hetero) is 1. The second-order valence-corrected chi connectivity index (χ2v) is 17.4. The molecule has 16 heteroatoms. The van der Waals surface area contributed by atoms with Crippen molar-refractivity contribution in [2.75, 3.05) is 13.2 Å². The van der Waals surface area contributed by atoms with Crippen molar-refractivity contribution in [2.45, 2.75) is 121 Å². The zero-order valence-electron chi connectivity index (χ0n) is 34.0. The van der Waals surface area contributed by atoms with Gasteiger partial charge in [0.05, 0.1) is 42.3 Å². The molecule has 2 saturated carbocycles. The molecule has 1 aliphatic heterocycles. The molecule has 3 aliphatic carbocycles. The van der Waals surface area contributed by atoms with Crippen LogP contribution < -0.4 is 5.32 Å². The lowest BCUT2D eigenvalue weighted by Gasteiger charge is -2.67. The quantitative estimate of drug-likeness (QED) is 0.114. The summed E-state index contributed by atoms with van der Waals surface area (Å²) in [6.07, 6.45) is -11.8. The Morgan fingerprint density at radius 1 is 0.983 bits per heavy atom. The number of amides is 1. The zero-order valence-corrected chi connectivity index (χ0v) is 34.0. The lowest BCUT2D eigenvalue weighted by Crippen LogP contribution is -2.81. The Kier molecular flexibility index (Phi) is 11.7. The fourth-order valence-corrected chi connectivity index (χ4v) is 9.56. The van der Waals surface area contributed by atoms with E-state index in [2.05, 4.69) is 5.32 Å². The Hall–Kier alpha value is -4.71. The average molecular weight is 824 g/mol. The molecule has 1 saturated heterocycles. The molecule has 2 aromatic carbocycles. The summed E-state index contributed by atoms with van der Waals surface area (Å²) in [5.41, 5.74) is -8.74. The zero-order chi connectivity index (χ0) is 43.5. The molecular formula is C43H53NO15. The molecular weight excluding hydrogens is 770 g/mol. The van der Waals surface area contributed by atoms with Gasteiger partial charge >= 0.3 is 24.0 Å². The molecule has 0 aromatic heterocycles. The number of nitrogens with one attached hydrogen (secondary N) is 1. The number of carbonyl (C=O) groups is 5. The molecule has 6 N–H and O–H groups in total. The van der Waals surface area contributed by atoms with Crippen molar-refractivity contribution < 1.29 is 73.2 Å².